The minimum Gasteiger partial charge on any atom is -0.744 e. The molecule has 103 heavy (non-hydrogen) atoms. The highest BCUT2D eigenvalue weighted by Gasteiger charge is 2.35. The first-order chi connectivity index (χ1) is 50.0. The van der Waals surface area contributed by atoms with Crippen LogP contribution in [0, 0.1) is 6.92 Å². The summed E-state index contributed by atoms with van der Waals surface area (Å²) >= 11 is 0. The number of carbonyl (C=O) groups excluding carboxylic acids is 2. The fraction of sp³-hybridized carbons (Fsp3) is 0.830. The average molecular weight is 1460 g/mol. The SMILES string of the molecule is CCCCCCCCCCCCCCCCCC[N+](C)(C)CCCCCCCCCCCCCCCCCC.CCCCCCCCCCCCCCCCCC[N+](C)(C)CCCCCCCCCCCCCCCCCC.Cc1ccc2c(c1)C(=O)/C(=C1\Cc3ccc(S(=O)(=O)[O-])cc3C1=O)N2. The molecule has 0 saturated heterocycles. The summed E-state index contributed by atoms with van der Waals surface area (Å²) in [5.74, 6) is -0.688. The fourth-order valence-electron chi connectivity index (χ4n) is 15.8. The number of nitrogens with zero attached hydrogens (tertiary/aromatic N) is 2. The highest BCUT2D eigenvalue weighted by atomic mass is 32.2. The molecular formula is C94H172N3O5S+. The van der Waals surface area contributed by atoms with E-state index in [1.165, 1.54) is 458 Å². The molecule has 0 saturated carbocycles. The van der Waals surface area contributed by atoms with Gasteiger partial charge in [-0.3, -0.25) is 9.59 Å². The third-order valence-electron chi connectivity index (χ3n) is 22.9. The summed E-state index contributed by atoms with van der Waals surface area (Å²) in [5.41, 5.74) is 3.34. The van der Waals surface area contributed by atoms with Gasteiger partial charge in [0.15, 0.2) is 5.78 Å². The van der Waals surface area contributed by atoms with Crippen molar-refractivity contribution in [2.24, 2.45) is 0 Å². The van der Waals surface area contributed by atoms with Gasteiger partial charge in [-0.05, 0) is 88.1 Å². The summed E-state index contributed by atoms with van der Waals surface area (Å²) in [6.45, 7) is 16.7. The molecule has 0 fully saturated rings. The zero-order valence-corrected chi connectivity index (χ0v) is 70.9. The van der Waals surface area contributed by atoms with Crippen molar-refractivity contribution in [2.45, 2.75) is 457 Å². The monoisotopic (exact) mass is 1460 g/mol. The standard InChI is InChI=1S/2C38H80N.C18H13NO5S/c2*1-5-7-9-11-13-15-17-19-21-23-25-27-29-31-33-35-37-39(3,4)38-36-34-32-30-28-26-24-22-20-18-16-14-12-10-8-6-2;1-9-2-5-15-13(6-9)18(21)16(19-15)14-7-10-3-4-11(25(22,23)24)8-12(10)17(14)20/h2*5-38H2,1-4H3;2-6,8,19H,7H2,1H3,(H,22,23,24)/q2*+1;/p-1/b;;16-14-. The Morgan fingerprint density at radius 1 is 0.320 bits per heavy atom. The molecule has 9 heteroatoms. The van der Waals surface area contributed by atoms with Crippen LogP contribution in [-0.4, -0.2) is 87.9 Å². The van der Waals surface area contributed by atoms with Crippen LogP contribution in [0.2, 0.25) is 0 Å². The molecule has 2 aliphatic rings. The first-order valence-electron chi connectivity index (χ1n) is 45.4. The Hall–Kier alpha value is -2.85. The zero-order chi connectivity index (χ0) is 75.0. The van der Waals surface area contributed by atoms with Crippen LogP contribution in [0.4, 0.5) is 5.69 Å². The van der Waals surface area contributed by atoms with Gasteiger partial charge in [-0.15, -0.1) is 0 Å². The molecule has 1 N–H and O–H groups in total. The Balaban J connectivity index is 0.000000536. The van der Waals surface area contributed by atoms with Gasteiger partial charge in [0, 0.05) is 28.8 Å². The second kappa shape index (κ2) is 65.1. The number of fused-ring (bicyclic) bond motifs is 2. The van der Waals surface area contributed by atoms with Crippen LogP contribution < -0.4 is 5.32 Å². The van der Waals surface area contributed by atoms with Crippen LogP contribution in [0.15, 0.2) is 52.6 Å². The van der Waals surface area contributed by atoms with E-state index in [-0.39, 0.29) is 29.0 Å². The number of Topliss-reactive ketones (excluding diaryl/α,β-unsaturated/α-hetero) is 2. The Bertz CT molecular complexity index is 2320. The van der Waals surface area contributed by atoms with Gasteiger partial charge in [0.05, 0.1) is 65.0 Å². The number of hydrogen-bond donors (Lipinski definition) is 1. The molecule has 2 aromatic rings. The van der Waals surface area contributed by atoms with E-state index in [0.29, 0.717) is 16.8 Å². The van der Waals surface area contributed by atoms with Crippen LogP contribution in [0.1, 0.15) is 470 Å². The van der Waals surface area contributed by atoms with Crippen molar-refractivity contribution in [3.63, 3.8) is 0 Å². The maximum Gasteiger partial charge on any atom is 0.211 e. The molecule has 1 heterocycles. The van der Waals surface area contributed by atoms with E-state index in [1.54, 1.807) is 12.1 Å². The second-order valence-corrected chi connectivity index (χ2v) is 35.5. The smallest absolute Gasteiger partial charge is 0.211 e. The number of unbranched alkanes of at least 4 members (excludes halogenated alkanes) is 60. The molecule has 0 aromatic heterocycles. The maximum absolute atomic E-state index is 12.7. The summed E-state index contributed by atoms with van der Waals surface area (Å²) in [6, 6.07) is 9.12. The number of aryl methyl sites for hydroxylation is 1. The summed E-state index contributed by atoms with van der Waals surface area (Å²) in [4.78, 5) is 24.9. The molecule has 598 valence electrons. The van der Waals surface area contributed by atoms with E-state index in [1.807, 2.05) is 13.0 Å². The Labute approximate surface area is 641 Å². The van der Waals surface area contributed by atoms with Crippen LogP contribution in [0.5, 0.6) is 0 Å². The molecular weight excluding hydrogens is 1280 g/mol. The number of nitrogens with one attached hydrogen (secondary N) is 1. The number of benzene rings is 2. The van der Waals surface area contributed by atoms with Gasteiger partial charge in [-0.1, -0.05) is 405 Å². The molecule has 1 aliphatic heterocycles. The quantitative estimate of drug-likeness (QED) is 0.0306. The van der Waals surface area contributed by atoms with E-state index in [4.69, 9.17) is 0 Å². The normalized spacial score (nSPS) is 13.7. The van der Waals surface area contributed by atoms with Gasteiger partial charge >= 0.3 is 0 Å². The van der Waals surface area contributed by atoms with Crippen LogP contribution in [-0.2, 0) is 16.5 Å². The third kappa shape index (κ3) is 52.8. The molecule has 0 bridgehead atoms. The lowest BCUT2D eigenvalue weighted by Gasteiger charge is -2.30. The number of rotatable bonds is 69. The van der Waals surface area contributed by atoms with E-state index < -0.39 is 20.8 Å². The van der Waals surface area contributed by atoms with E-state index in [2.05, 4.69) is 61.2 Å². The Kier molecular flexibility index (Phi) is 60.8. The zero-order valence-electron chi connectivity index (χ0n) is 70.1. The molecule has 1 aliphatic carbocycles. The number of quaternary nitrogens is 2. The van der Waals surface area contributed by atoms with Gasteiger partial charge in [-0.2, -0.15) is 0 Å². The number of anilines is 1. The van der Waals surface area contributed by atoms with Crippen LogP contribution >= 0.6 is 0 Å². The lowest BCUT2D eigenvalue weighted by atomic mass is 10.0. The van der Waals surface area contributed by atoms with Gasteiger partial charge in [0.25, 0.3) is 0 Å². The van der Waals surface area contributed by atoms with Gasteiger partial charge in [0.2, 0.25) is 5.78 Å². The first-order valence-corrected chi connectivity index (χ1v) is 46.8. The number of hydrogen-bond acceptors (Lipinski definition) is 6. The molecule has 0 amide bonds. The molecule has 0 spiro atoms. The van der Waals surface area contributed by atoms with Gasteiger partial charge in [-0.25, -0.2) is 8.42 Å². The summed E-state index contributed by atoms with van der Waals surface area (Å²) in [6.07, 6.45) is 94.1. The molecule has 0 atom stereocenters. The largest absolute Gasteiger partial charge is 0.744 e. The maximum atomic E-state index is 12.7. The lowest BCUT2D eigenvalue weighted by molar-refractivity contribution is -0.890. The molecule has 4 rings (SSSR count). The number of allylic oxidation sites excluding steroid dienone is 2. The first kappa shape index (κ1) is 96.2. The van der Waals surface area contributed by atoms with Crippen molar-refractivity contribution in [1.29, 1.82) is 0 Å². The van der Waals surface area contributed by atoms with E-state index in [9.17, 15) is 22.6 Å². The fourth-order valence-corrected chi connectivity index (χ4v) is 16.3. The summed E-state index contributed by atoms with van der Waals surface area (Å²) < 4.78 is 36.0. The Morgan fingerprint density at radius 2 is 0.563 bits per heavy atom. The average Bonchev–Trinajstić information content (AvgIpc) is 1.61. The minimum absolute atomic E-state index is 0.154. The van der Waals surface area contributed by atoms with Gasteiger partial charge < -0.3 is 18.8 Å². The van der Waals surface area contributed by atoms with Crippen molar-refractivity contribution in [3.05, 3.63) is 69.9 Å². The predicted molar refractivity (Wildman–Crippen MR) is 450 cm³/mol. The van der Waals surface area contributed by atoms with Crippen molar-refractivity contribution in [3.8, 4) is 0 Å². The molecule has 8 nitrogen and oxygen atoms in total. The minimum atomic E-state index is -4.64. The molecule has 2 aromatic carbocycles. The third-order valence-corrected chi connectivity index (χ3v) is 23.8. The Morgan fingerprint density at radius 3 is 0.806 bits per heavy atom. The van der Waals surface area contributed by atoms with Gasteiger partial charge in [0.1, 0.15) is 10.1 Å². The summed E-state index contributed by atoms with van der Waals surface area (Å²) in [5, 5.41) is 2.99. The van der Waals surface area contributed by atoms with E-state index >= 15 is 0 Å². The molecule has 0 radical (unpaired) electrons. The number of ketones is 2. The summed E-state index contributed by atoms with van der Waals surface area (Å²) in [7, 11) is 5.23. The second-order valence-electron chi connectivity index (χ2n) is 34.1. The highest BCUT2D eigenvalue weighted by Crippen LogP contribution is 2.36. The van der Waals surface area contributed by atoms with Crippen LogP contribution in [0.25, 0.3) is 0 Å². The topological polar surface area (TPSA) is 103 Å². The van der Waals surface area contributed by atoms with Crippen LogP contribution in [0.3, 0.4) is 0 Å². The van der Waals surface area contributed by atoms with Crippen molar-refractivity contribution >= 4 is 27.4 Å². The van der Waals surface area contributed by atoms with Crippen molar-refractivity contribution in [2.75, 3.05) is 59.7 Å². The number of carbonyl (C=O) groups is 2. The van der Waals surface area contributed by atoms with Crippen molar-refractivity contribution in [1.82, 2.24) is 0 Å². The lowest BCUT2D eigenvalue weighted by Crippen LogP contribution is -2.41. The van der Waals surface area contributed by atoms with E-state index in [0.717, 1.165) is 11.6 Å². The van der Waals surface area contributed by atoms with Crippen molar-refractivity contribution < 1.29 is 31.5 Å². The predicted octanol–water partition coefficient (Wildman–Crippen LogP) is 29.4. The molecule has 0 unspecified atom stereocenters. The highest BCUT2D eigenvalue weighted by molar-refractivity contribution is 7.85.